The summed E-state index contributed by atoms with van der Waals surface area (Å²) in [6.07, 6.45) is 3.28. The molecule has 3 aromatic rings. The number of aromatic nitrogens is 1. The summed E-state index contributed by atoms with van der Waals surface area (Å²) in [4.78, 5) is 32.3. The first-order chi connectivity index (χ1) is 17.8. The van der Waals surface area contributed by atoms with Crippen molar-refractivity contribution in [1.82, 2.24) is 9.88 Å². The third-order valence-electron chi connectivity index (χ3n) is 5.88. The summed E-state index contributed by atoms with van der Waals surface area (Å²) in [5, 5.41) is 11.7. The molecule has 0 radical (unpaired) electrons. The zero-order valence-electron chi connectivity index (χ0n) is 21.0. The van der Waals surface area contributed by atoms with Gasteiger partial charge in [-0.3, -0.25) is 14.6 Å². The van der Waals surface area contributed by atoms with Crippen LogP contribution in [0.25, 0.3) is 5.76 Å². The van der Waals surface area contributed by atoms with E-state index >= 15 is 0 Å². The van der Waals surface area contributed by atoms with Crippen molar-refractivity contribution in [3.05, 3.63) is 94.3 Å². The fraction of sp³-hybridized carbons (Fsp3) is 0.276. The lowest BCUT2D eigenvalue weighted by atomic mass is 9.95. The lowest BCUT2D eigenvalue weighted by molar-refractivity contribution is -0.140. The summed E-state index contributed by atoms with van der Waals surface area (Å²) in [6, 6.07) is 14.8. The highest BCUT2D eigenvalue weighted by Gasteiger charge is 2.46. The third-order valence-corrected chi connectivity index (χ3v) is 6.21. The van der Waals surface area contributed by atoms with Crippen LogP contribution in [0.5, 0.6) is 11.5 Å². The Morgan fingerprint density at radius 3 is 2.57 bits per heavy atom. The minimum absolute atomic E-state index is 0.0505. The normalized spacial score (nSPS) is 16.9. The van der Waals surface area contributed by atoms with Gasteiger partial charge in [-0.2, -0.15) is 0 Å². The van der Waals surface area contributed by atoms with E-state index in [0.29, 0.717) is 36.2 Å². The Morgan fingerprint density at radius 2 is 1.86 bits per heavy atom. The van der Waals surface area contributed by atoms with Gasteiger partial charge in [0.1, 0.15) is 17.3 Å². The molecule has 7 nitrogen and oxygen atoms in total. The molecule has 0 bridgehead atoms. The topological polar surface area (TPSA) is 89.0 Å². The molecule has 1 fully saturated rings. The van der Waals surface area contributed by atoms with Crippen molar-refractivity contribution in [2.75, 3.05) is 13.2 Å². The molecule has 1 aliphatic heterocycles. The van der Waals surface area contributed by atoms with Crippen LogP contribution in [-0.2, 0) is 16.1 Å². The highest BCUT2D eigenvalue weighted by molar-refractivity contribution is 6.47. The van der Waals surface area contributed by atoms with E-state index in [1.165, 1.54) is 4.90 Å². The molecule has 0 spiro atoms. The molecule has 1 saturated heterocycles. The van der Waals surface area contributed by atoms with Gasteiger partial charge in [0.15, 0.2) is 0 Å². The number of amides is 1. The van der Waals surface area contributed by atoms with Crippen LogP contribution in [0.3, 0.4) is 0 Å². The van der Waals surface area contributed by atoms with Gasteiger partial charge in [-0.1, -0.05) is 43.6 Å². The molecule has 1 unspecified atom stereocenters. The van der Waals surface area contributed by atoms with Gasteiger partial charge in [0.05, 0.1) is 29.9 Å². The van der Waals surface area contributed by atoms with E-state index < -0.39 is 17.7 Å². The first kappa shape index (κ1) is 26.2. The van der Waals surface area contributed by atoms with Crippen molar-refractivity contribution in [3.8, 4) is 11.5 Å². The number of rotatable bonds is 9. The number of carbonyl (C=O) groups is 2. The molecule has 1 atom stereocenters. The van der Waals surface area contributed by atoms with E-state index in [1.54, 1.807) is 54.9 Å². The first-order valence-electron chi connectivity index (χ1n) is 12.1. The van der Waals surface area contributed by atoms with Gasteiger partial charge >= 0.3 is 0 Å². The molecular weight excluding hydrogens is 492 g/mol. The Hall–Kier alpha value is -3.84. The Labute approximate surface area is 221 Å². The highest BCUT2D eigenvalue weighted by Crippen LogP contribution is 2.42. The van der Waals surface area contributed by atoms with Gasteiger partial charge in [0.25, 0.3) is 11.7 Å². The predicted molar refractivity (Wildman–Crippen MR) is 141 cm³/mol. The summed E-state index contributed by atoms with van der Waals surface area (Å²) in [7, 11) is 0. The van der Waals surface area contributed by atoms with Crippen molar-refractivity contribution >= 4 is 29.1 Å². The molecule has 2 aromatic carbocycles. The molecular formula is C29H29ClN2O5. The number of Topliss-reactive ketones (excluding diaryl/α,β-unsaturated/α-hetero) is 1. The number of carbonyl (C=O) groups excluding carboxylic acids is 2. The fourth-order valence-electron chi connectivity index (χ4n) is 4.20. The number of aliphatic hydroxyl groups excluding tert-OH is 1. The monoisotopic (exact) mass is 520 g/mol. The SMILES string of the molecule is CCOc1ccc(Cl)c(/C(O)=C2\C(=O)C(=O)N(Cc3cccnc3)C2c2cccc(OCC(C)C)c2)c1. The molecule has 1 aromatic heterocycles. The molecule has 0 saturated carbocycles. The highest BCUT2D eigenvalue weighted by atomic mass is 35.5. The maximum atomic E-state index is 13.4. The van der Waals surface area contributed by atoms with Crippen LogP contribution in [0.4, 0.5) is 0 Å². The second-order valence-corrected chi connectivity index (χ2v) is 9.55. The van der Waals surface area contributed by atoms with Gasteiger partial charge < -0.3 is 19.5 Å². The van der Waals surface area contributed by atoms with E-state index in [2.05, 4.69) is 4.98 Å². The standard InChI is InChI=1S/C29H29ClN2O5/c1-4-36-22-10-11-24(30)23(14-22)27(33)25-26(20-8-5-9-21(13-20)37-17-18(2)3)32(29(35)28(25)34)16-19-7-6-12-31-15-19/h5-15,18,26,33H,4,16-17H2,1-3H3/b27-25+. The van der Waals surface area contributed by atoms with Crippen LogP contribution in [0.2, 0.25) is 5.02 Å². The van der Waals surface area contributed by atoms with Crippen LogP contribution in [0, 0.1) is 5.92 Å². The van der Waals surface area contributed by atoms with Crippen LogP contribution in [-0.4, -0.2) is 39.9 Å². The van der Waals surface area contributed by atoms with Gasteiger partial charge in [0.2, 0.25) is 0 Å². The van der Waals surface area contributed by atoms with Crippen molar-refractivity contribution in [2.45, 2.75) is 33.4 Å². The fourth-order valence-corrected chi connectivity index (χ4v) is 4.41. The van der Waals surface area contributed by atoms with E-state index in [1.807, 2.05) is 32.9 Å². The van der Waals surface area contributed by atoms with E-state index in [4.69, 9.17) is 21.1 Å². The largest absolute Gasteiger partial charge is 0.507 e. The van der Waals surface area contributed by atoms with Crippen LogP contribution < -0.4 is 9.47 Å². The molecule has 1 amide bonds. The van der Waals surface area contributed by atoms with Crippen molar-refractivity contribution in [2.24, 2.45) is 5.92 Å². The molecule has 192 valence electrons. The van der Waals surface area contributed by atoms with Crippen LogP contribution in [0.1, 0.15) is 43.5 Å². The summed E-state index contributed by atoms with van der Waals surface area (Å²) in [5.74, 6) is -0.469. The van der Waals surface area contributed by atoms with E-state index in [9.17, 15) is 14.7 Å². The molecule has 0 aliphatic carbocycles. The Balaban J connectivity index is 1.86. The van der Waals surface area contributed by atoms with Gasteiger partial charge in [-0.15, -0.1) is 0 Å². The lowest BCUT2D eigenvalue weighted by Crippen LogP contribution is -2.29. The molecule has 4 rings (SSSR count). The van der Waals surface area contributed by atoms with Crippen molar-refractivity contribution in [3.63, 3.8) is 0 Å². The summed E-state index contributed by atoms with van der Waals surface area (Å²) in [6.45, 7) is 7.00. The zero-order chi connectivity index (χ0) is 26.5. The van der Waals surface area contributed by atoms with E-state index in [-0.39, 0.29) is 28.5 Å². The second kappa shape index (κ2) is 11.5. The third kappa shape index (κ3) is 5.78. The molecule has 1 N–H and O–H groups in total. The molecule has 37 heavy (non-hydrogen) atoms. The number of pyridine rings is 1. The average Bonchev–Trinajstić information content (AvgIpc) is 3.14. The number of nitrogens with zero attached hydrogens (tertiary/aromatic N) is 2. The predicted octanol–water partition coefficient (Wildman–Crippen LogP) is 5.79. The van der Waals surface area contributed by atoms with Crippen molar-refractivity contribution < 1.29 is 24.2 Å². The minimum Gasteiger partial charge on any atom is -0.507 e. The van der Waals surface area contributed by atoms with Crippen LogP contribution >= 0.6 is 11.6 Å². The van der Waals surface area contributed by atoms with Gasteiger partial charge in [-0.05, 0) is 60.4 Å². The Kier molecular flexibility index (Phi) is 8.14. The summed E-state index contributed by atoms with van der Waals surface area (Å²) in [5.41, 5.74) is 1.54. The lowest BCUT2D eigenvalue weighted by Gasteiger charge is -2.26. The number of likely N-dealkylation sites (tertiary alicyclic amines) is 1. The Bertz CT molecular complexity index is 1320. The number of ketones is 1. The van der Waals surface area contributed by atoms with Crippen molar-refractivity contribution in [1.29, 1.82) is 0 Å². The number of halogens is 1. The first-order valence-corrected chi connectivity index (χ1v) is 12.5. The minimum atomic E-state index is -0.866. The average molecular weight is 521 g/mol. The summed E-state index contributed by atoms with van der Waals surface area (Å²) < 4.78 is 11.5. The van der Waals surface area contributed by atoms with Crippen LogP contribution in [0.15, 0.2) is 72.6 Å². The second-order valence-electron chi connectivity index (χ2n) is 9.14. The van der Waals surface area contributed by atoms with E-state index in [0.717, 1.165) is 5.56 Å². The number of hydrogen-bond acceptors (Lipinski definition) is 6. The smallest absolute Gasteiger partial charge is 0.295 e. The maximum Gasteiger partial charge on any atom is 0.295 e. The van der Waals surface area contributed by atoms with Gasteiger partial charge in [-0.25, -0.2) is 0 Å². The van der Waals surface area contributed by atoms with Gasteiger partial charge in [0, 0.05) is 24.5 Å². The quantitative estimate of drug-likeness (QED) is 0.218. The Morgan fingerprint density at radius 1 is 1.08 bits per heavy atom. The number of aliphatic hydroxyl groups is 1. The summed E-state index contributed by atoms with van der Waals surface area (Å²) >= 11 is 6.42. The maximum absolute atomic E-state index is 13.4. The number of benzene rings is 2. The number of ether oxygens (including phenoxy) is 2. The molecule has 8 heteroatoms. The zero-order valence-corrected chi connectivity index (χ0v) is 21.7. The molecule has 1 aliphatic rings. The number of hydrogen-bond donors (Lipinski definition) is 1. The molecule has 2 heterocycles.